The molecule has 0 amide bonds. The predicted molar refractivity (Wildman–Crippen MR) is 344 cm³/mol. The van der Waals surface area contributed by atoms with Gasteiger partial charge in [-0.05, 0) is 57.8 Å². The first-order valence-electron chi connectivity index (χ1n) is 34.3. The van der Waals surface area contributed by atoms with E-state index in [2.05, 4.69) is 74.6 Å². The van der Waals surface area contributed by atoms with Crippen molar-refractivity contribution in [1.82, 2.24) is 0 Å². The average Bonchev–Trinajstić information content (AvgIpc) is 3.45. The number of esters is 2. The zero-order valence-electron chi connectivity index (χ0n) is 52.6. The van der Waals surface area contributed by atoms with E-state index in [0.717, 1.165) is 77.0 Å². The number of carbonyl (C=O) groups is 2. The number of carbonyl (C=O) groups excluding carboxylic acids is 2. The molecule has 0 spiro atoms. The summed E-state index contributed by atoms with van der Waals surface area (Å²) in [4.78, 5) is 35.3. The van der Waals surface area contributed by atoms with E-state index in [1.165, 1.54) is 231 Å². The molecule has 0 fully saturated rings. The predicted octanol–water partition coefficient (Wildman–Crippen LogP) is 22.2. The molecule has 0 aliphatic carbocycles. The van der Waals surface area contributed by atoms with Crippen LogP contribution < -0.4 is 5.73 Å². The van der Waals surface area contributed by atoms with Gasteiger partial charge < -0.3 is 20.1 Å². The molecule has 2 atom stereocenters. The highest BCUT2D eigenvalue weighted by molar-refractivity contribution is 7.47. The van der Waals surface area contributed by atoms with Crippen molar-refractivity contribution in [2.24, 2.45) is 5.73 Å². The Hall–Kier alpha value is -2.29. The van der Waals surface area contributed by atoms with Crippen LogP contribution in [0, 0.1) is 0 Å². The van der Waals surface area contributed by atoms with E-state index in [0.29, 0.717) is 6.42 Å². The Balaban J connectivity index is 3.84. The molecule has 9 nitrogen and oxygen atoms in total. The summed E-state index contributed by atoms with van der Waals surface area (Å²) in [5, 5.41) is 0. The molecule has 10 heteroatoms. The summed E-state index contributed by atoms with van der Waals surface area (Å²) in [5.74, 6) is -0.821. The molecule has 0 aromatic carbocycles. The van der Waals surface area contributed by atoms with Crippen molar-refractivity contribution in [1.29, 1.82) is 0 Å². The summed E-state index contributed by atoms with van der Waals surface area (Å²) < 4.78 is 33.2. The third-order valence-corrected chi connectivity index (χ3v) is 16.2. The monoisotopic (exact) mass is 1140 g/mol. The fraction of sp³-hybridized carbons (Fsp3) is 0.829. The highest BCUT2D eigenvalue weighted by Crippen LogP contribution is 2.43. The Morgan fingerprint density at radius 2 is 0.688 bits per heavy atom. The first-order chi connectivity index (χ1) is 39.3. The molecule has 80 heavy (non-hydrogen) atoms. The van der Waals surface area contributed by atoms with E-state index in [4.69, 9.17) is 24.3 Å². The van der Waals surface area contributed by atoms with Gasteiger partial charge in [0.15, 0.2) is 6.10 Å². The third-order valence-electron chi connectivity index (χ3n) is 15.2. The Bertz CT molecular complexity index is 1490. The van der Waals surface area contributed by atoms with Gasteiger partial charge in [-0.1, -0.05) is 331 Å². The molecule has 0 saturated carbocycles. The van der Waals surface area contributed by atoms with Gasteiger partial charge >= 0.3 is 19.8 Å². The SMILES string of the molecule is CC/C=C\C/C=C\C/C=C\C/C=C\C/C=C\CCCCCCCCCCCC(=O)OC(COC(=O)CCCCCCCCCCCCCCCCCCCCCCCCCCCCCCCCCCCC)COP(=O)(O)OCCN. The van der Waals surface area contributed by atoms with Gasteiger partial charge in [0.25, 0.3) is 0 Å². The molecule has 0 aromatic heterocycles. The number of allylic oxidation sites excluding steroid dienone is 10. The molecular formula is C70H130NO8P. The van der Waals surface area contributed by atoms with Crippen LogP contribution in [0.5, 0.6) is 0 Å². The number of phosphoric ester groups is 1. The second-order valence-corrected chi connectivity index (χ2v) is 24.5. The van der Waals surface area contributed by atoms with Crippen LogP contribution in [0.25, 0.3) is 0 Å². The normalized spacial score (nSPS) is 13.3. The second kappa shape index (κ2) is 65.9. The average molecular weight is 1140 g/mol. The standard InChI is InChI=1S/C70H130NO8P/c1-3-5-7-9-11-13-15-17-19-21-23-25-27-29-30-31-32-33-34-35-36-37-39-40-42-44-46-48-50-52-54-56-58-60-62-69(72)76-66-68(67-78-80(74,75)77-65-64-71)79-70(73)63-61-59-57-55-53-51-49-47-45-43-41-38-28-26-24-22-20-18-16-14-12-10-8-6-4-2/h6,8,12,14,18,20,24,26,38,41,68H,3-5,7,9-11,13,15-17,19,21-23,25,27-37,39-40,42-67,71H2,1-2H3,(H,74,75)/b8-6-,14-12-,20-18-,26-24-,41-38-. The number of hydrogen-bond acceptors (Lipinski definition) is 8. The van der Waals surface area contributed by atoms with E-state index in [-0.39, 0.29) is 38.6 Å². The number of rotatable bonds is 65. The zero-order chi connectivity index (χ0) is 58.0. The Morgan fingerprint density at radius 3 is 1.02 bits per heavy atom. The molecule has 0 radical (unpaired) electrons. The number of ether oxygens (including phenoxy) is 2. The fourth-order valence-corrected chi connectivity index (χ4v) is 10.9. The first-order valence-corrected chi connectivity index (χ1v) is 35.8. The van der Waals surface area contributed by atoms with Crippen molar-refractivity contribution in [2.45, 2.75) is 347 Å². The topological polar surface area (TPSA) is 134 Å². The zero-order valence-corrected chi connectivity index (χ0v) is 53.5. The van der Waals surface area contributed by atoms with E-state index in [1.54, 1.807) is 0 Å². The van der Waals surface area contributed by atoms with Crippen molar-refractivity contribution < 1.29 is 37.6 Å². The van der Waals surface area contributed by atoms with Crippen molar-refractivity contribution in [3.8, 4) is 0 Å². The largest absolute Gasteiger partial charge is 0.472 e. The molecule has 2 unspecified atom stereocenters. The van der Waals surface area contributed by atoms with Gasteiger partial charge in [0.1, 0.15) is 6.61 Å². The second-order valence-electron chi connectivity index (χ2n) is 23.0. The lowest BCUT2D eigenvalue weighted by atomic mass is 10.0. The van der Waals surface area contributed by atoms with Crippen molar-refractivity contribution in [3.63, 3.8) is 0 Å². The van der Waals surface area contributed by atoms with Crippen LogP contribution in [0.3, 0.4) is 0 Å². The van der Waals surface area contributed by atoms with E-state index < -0.39 is 26.5 Å². The maximum absolute atomic E-state index is 12.7. The van der Waals surface area contributed by atoms with Gasteiger partial charge in [0.05, 0.1) is 13.2 Å². The quantitative estimate of drug-likeness (QED) is 0.0264. The van der Waals surface area contributed by atoms with Crippen LogP contribution in [0.15, 0.2) is 60.8 Å². The first kappa shape index (κ1) is 77.7. The molecule has 0 aromatic rings. The summed E-state index contributed by atoms with van der Waals surface area (Å²) in [6.07, 6.45) is 84.6. The van der Waals surface area contributed by atoms with Crippen LogP contribution in [0.1, 0.15) is 341 Å². The molecule has 468 valence electrons. The summed E-state index contributed by atoms with van der Waals surface area (Å²) in [5.41, 5.74) is 5.40. The molecule has 0 aliphatic rings. The summed E-state index contributed by atoms with van der Waals surface area (Å²) in [7, 11) is -4.39. The third kappa shape index (κ3) is 64.9. The fourth-order valence-electron chi connectivity index (χ4n) is 10.1. The lowest BCUT2D eigenvalue weighted by Gasteiger charge is -2.19. The van der Waals surface area contributed by atoms with E-state index in [1.807, 2.05) is 0 Å². The number of nitrogens with two attached hydrogens (primary N) is 1. The maximum atomic E-state index is 12.7. The molecular weight excluding hydrogens is 1010 g/mol. The number of phosphoric acid groups is 1. The van der Waals surface area contributed by atoms with Crippen LogP contribution in [-0.4, -0.2) is 49.3 Å². The van der Waals surface area contributed by atoms with Crippen molar-refractivity contribution in [2.75, 3.05) is 26.4 Å². The van der Waals surface area contributed by atoms with Gasteiger partial charge in [0, 0.05) is 19.4 Å². The molecule has 0 heterocycles. The summed E-state index contributed by atoms with van der Waals surface area (Å²) in [6.45, 7) is 3.68. The number of hydrogen-bond donors (Lipinski definition) is 2. The highest BCUT2D eigenvalue weighted by Gasteiger charge is 2.26. The Kier molecular flexibility index (Phi) is 64.0. The smallest absolute Gasteiger partial charge is 0.462 e. The molecule has 0 rings (SSSR count). The van der Waals surface area contributed by atoms with Gasteiger partial charge in [-0.2, -0.15) is 0 Å². The minimum atomic E-state index is -4.39. The van der Waals surface area contributed by atoms with Crippen molar-refractivity contribution in [3.05, 3.63) is 60.8 Å². The number of unbranched alkanes of at least 4 members (excludes halogenated alkanes) is 42. The maximum Gasteiger partial charge on any atom is 0.472 e. The molecule has 0 bridgehead atoms. The lowest BCUT2D eigenvalue weighted by Crippen LogP contribution is -2.29. The summed E-state index contributed by atoms with van der Waals surface area (Å²) in [6, 6.07) is 0. The van der Waals surface area contributed by atoms with Gasteiger partial charge in [-0.25, -0.2) is 4.57 Å². The van der Waals surface area contributed by atoms with Crippen LogP contribution in [0.4, 0.5) is 0 Å². The van der Waals surface area contributed by atoms with Gasteiger partial charge in [-0.15, -0.1) is 0 Å². The van der Waals surface area contributed by atoms with E-state index >= 15 is 0 Å². The molecule has 0 saturated heterocycles. The minimum absolute atomic E-state index is 0.0517. The van der Waals surface area contributed by atoms with Gasteiger partial charge in [0.2, 0.25) is 0 Å². The molecule has 0 aliphatic heterocycles. The van der Waals surface area contributed by atoms with Crippen molar-refractivity contribution >= 4 is 19.8 Å². The van der Waals surface area contributed by atoms with Crippen LogP contribution in [-0.2, 0) is 32.7 Å². The minimum Gasteiger partial charge on any atom is -0.462 e. The van der Waals surface area contributed by atoms with Gasteiger partial charge in [-0.3, -0.25) is 18.6 Å². The van der Waals surface area contributed by atoms with Crippen LogP contribution in [0.2, 0.25) is 0 Å². The lowest BCUT2D eigenvalue weighted by molar-refractivity contribution is -0.161. The van der Waals surface area contributed by atoms with E-state index in [9.17, 15) is 19.0 Å². The summed E-state index contributed by atoms with van der Waals surface area (Å²) >= 11 is 0. The highest BCUT2D eigenvalue weighted by atomic mass is 31.2. The Labute approximate surface area is 495 Å². The Morgan fingerprint density at radius 1 is 0.388 bits per heavy atom. The van der Waals surface area contributed by atoms with Crippen LogP contribution >= 0.6 is 7.82 Å². The molecule has 3 N–H and O–H groups in total.